The summed E-state index contributed by atoms with van der Waals surface area (Å²) in [6.07, 6.45) is 3.46. The van der Waals surface area contributed by atoms with Crippen molar-refractivity contribution < 1.29 is 14.6 Å². The zero-order valence-corrected chi connectivity index (χ0v) is 12.5. The number of likely N-dealkylation sites (tertiary alicyclic amines) is 1. The Balaban J connectivity index is 1.88. The van der Waals surface area contributed by atoms with Crippen LogP contribution in [0.4, 0.5) is 0 Å². The Labute approximate surface area is 121 Å². The molecule has 0 aliphatic carbocycles. The summed E-state index contributed by atoms with van der Waals surface area (Å²) in [6.45, 7) is 5.74. The van der Waals surface area contributed by atoms with E-state index in [0.717, 1.165) is 17.9 Å². The van der Waals surface area contributed by atoms with Gasteiger partial charge in [0.25, 0.3) is 0 Å². The van der Waals surface area contributed by atoms with Crippen LogP contribution < -0.4 is 9.47 Å². The minimum atomic E-state index is -0.494. The summed E-state index contributed by atoms with van der Waals surface area (Å²) >= 11 is 0. The highest BCUT2D eigenvalue weighted by Crippen LogP contribution is 2.30. The molecule has 1 aromatic carbocycles. The molecular formula is C16H25NO3. The Kier molecular flexibility index (Phi) is 5.68. The molecule has 0 saturated carbocycles. The third-order valence-corrected chi connectivity index (χ3v) is 3.78. The molecule has 0 bridgehead atoms. The third-order valence-electron chi connectivity index (χ3n) is 3.78. The molecule has 0 spiro atoms. The van der Waals surface area contributed by atoms with Crippen molar-refractivity contribution in [3.8, 4) is 11.5 Å². The Hall–Kier alpha value is -1.26. The minimum Gasteiger partial charge on any atom is -0.493 e. The third kappa shape index (κ3) is 4.12. The highest BCUT2D eigenvalue weighted by atomic mass is 16.5. The summed E-state index contributed by atoms with van der Waals surface area (Å²) in [7, 11) is 1.62. The molecule has 1 atom stereocenters. The molecular weight excluding hydrogens is 254 g/mol. The van der Waals surface area contributed by atoms with Gasteiger partial charge in [0.15, 0.2) is 11.5 Å². The predicted octanol–water partition coefficient (Wildman–Crippen LogP) is 2.61. The second-order valence-electron chi connectivity index (χ2n) is 5.34. The van der Waals surface area contributed by atoms with E-state index < -0.39 is 6.10 Å². The van der Waals surface area contributed by atoms with Crippen LogP contribution in [0, 0.1) is 0 Å². The molecule has 1 N–H and O–H groups in total. The molecule has 0 amide bonds. The lowest BCUT2D eigenvalue weighted by Crippen LogP contribution is -2.33. The van der Waals surface area contributed by atoms with E-state index in [4.69, 9.17) is 9.47 Å². The number of benzene rings is 1. The van der Waals surface area contributed by atoms with Gasteiger partial charge in [-0.25, -0.2) is 0 Å². The highest BCUT2D eigenvalue weighted by Gasteiger charge is 2.11. The van der Waals surface area contributed by atoms with Crippen LogP contribution in [0.15, 0.2) is 18.2 Å². The maximum Gasteiger partial charge on any atom is 0.161 e. The van der Waals surface area contributed by atoms with Crippen LogP contribution in [0.1, 0.15) is 37.9 Å². The topological polar surface area (TPSA) is 41.9 Å². The van der Waals surface area contributed by atoms with Crippen LogP contribution in [-0.4, -0.2) is 43.4 Å². The van der Waals surface area contributed by atoms with Gasteiger partial charge in [0.2, 0.25) is 0 Å². The number of piperidine rings is 1. The molecule has 4 nitrogen and oxygen atoms in total. The van der Waals surface area contributed by atoms with E-state index in [2.05, 4.69) is 4.90 Å². The maximum atomic E-state index is 9.58. The van der Waals surface area contributed by atoms with Crippen molar-refractivity contribution in [3.63, 3.8) is 0 Å². The Morgan fingerprint density at radius 1 is 1.20 bits per heavy atom. The minimum absolute atomic E-state index is 0.494. The number of rotatable bonds is 6. The highest BCUT2D eigenvalue weighted by molar-refractivity contribution is 5.43. The van der Waals surface area contributed by atoms with E-state index in [1.165, 1.54) is 32.4 Å². The van der Waals surface area contributed by atoms with E-state index in [1.54, 1.807) is 14.0 Å². The van der Waals surface area contributed by atoms with Crippen LogP contribution in [0.2, 0.25) is 0 Å². The zero-order chi connectivity index (χ0) is 14.4. The fraction of sp³-hybridized carbons (Fsp3) is 0.625. The van der Waals surface area contributed by atoms with Crippen molar-refractivity contribution in [2.75, 3.05) is 33.4 Å². The van der Waals surface area contributed by atoms with Crippen LogP contribution in [0.25, 0.3) is 0 Å². The molecule has 1 saturated heterocycles. The van der Waals surface area contributed by atoms with Crippen LogP contribution >= 0.6 is 0 Å². The lowest BCUT2D eigenvalue weighted by atomic mass is 10.1. The SMILES string of the molecule is COc1cc([C@@H](C)O)ccc1OCCN1CCCCC1. The average Bonchev–Trinajstić information content (AvgIpc) is 2.48. The number of methoxy groups -OCH3 is 1. The van der Waals surface area contributed by atoms with Crippen molar-refractivity contribution in [2.45, 2.75) is 32.3 Å². The first-order valence-electron chi connectivity index (χ1n) is 7.42. The van der Waals surface area contributed by atoms with Gasteiger partial charge in [0.05, 0.1) is 13.2 Å². The normalized spacial score (nSPS) is 17.8. The van der Waals surface area contributed by atoms with Crippen molar-refractivity contribution in [2.24, 2.45) is 0 Å². The summed E-state index contributed by atoms with van der Waals surface area (Å²) in [5.74, 6) is 1.43. The molecule has 1 fully saturated rings. The first-order chi connectivity index (χ1) is 9.70. The van der Waals surface area contributed by atoms with E-state index >= 15 is 0 Å². The fourth-order valence-corrected chi connectivity index (χ4v) is 2.53. The van der Waals surface area contributed by atoms with Gasteiger partial charge in [-0.2, -0.15) is 0 Å². The van der Waals surface area contributed by atoms with Crippen LogP contribution in [0.5, 0.6) is 11.5 Å². The molecule has 0 radical (unpaired) electrons. The van der Waals surface area contributed by atoms with Crippen LogP contribution in [0.3, 0.4) is 0 Å². The van der Waals surface area contributed by atoms with E-state index in [1.807, 2.05) is 18.2 Å². The maximum absolute atomic E-state index is 9.58. The molecule has 1 aromatic rings. The van der Waals surface area contributed by atoms with E-state index in [0.29, 0.717) is 12.4 Å². The van der Waals surface area contributed by atoms with Gasteiger partial charge in [0, 0.05) is 6.54 Å². The van der Waals surface area contributed by atoms with Gasteiger partial charge in [-0.3, -0.25) is 4.90 Å². The second kappa shape index (κ2) is 7.50. The summed E-state index contributed by atoms with van der Waals surface area (Å²) in [5.41, 5.74) is 0.838. The van der Waals surface area contributed by atoms with Gasteiger partial charge in [-0.15, -0.1) is 0 Å². The molecule has 2 rings (SSSR count). The largest absolute Gasteiger partial charge is 0.493 e. The predicted molar refractivity (Wildman–Crippen MR) is 79.4 cm³/mol. The van der Waals surface area contributed by atoms with Crippen molar-refractivity contribution in [1.29, 1.82) is 0 Å². The summed E-state index contributed by atoms with van der Waals surface area (Å²) in [4.78, 5) is 2.44. The monoisotopic (exact) mass is 279 g/mol. The molecule has 20 heavy (non-hydrogen) atoms. The fourth-order valence-electron chi connectivity index (χ4n) is 2.53. The van der Waals surface area contributed by atoms with Gasteiger partial charge in [-0.1, -0.05) is 12.5 Å². The van der Waals surface area contributed by atoms with Crippen LogP contribution in [-0.2, 0) is 0 Å². The van der Waals surface area contributed by atoms with Gasteiger partial charge in [0.1, 0.15) is 6.61 Å². The Morgan fingerprint density at radius 3 is 2.60 bits per heavy atom. The van der Waals surface area contributed by atoms with E-state index in [-0.39, 0.29) is 0 Å². The lowest BCUT2D eigenvalue weighted by molar-refractivity contribution is 0.180. The molecule has 1 aliphatic heterocycles. The average molecular weight is 279 g/mol. The number of aliphatic hydroxyl groups excluding tert-OH is 1. The number of aliphatic hydroxyl groups is 1. The molecule has 112 valence electrons. The lowest BCUT2D eigenvalue weighted by Gasteiger charge is -2.26. The Bertz CT molecular complexity index is 414. The first kappa shape index (κ1) is 15.1. The summed E-state index contributed by atoms with van der Waals surface area (Å²) in [5, 5.41) is 9.58. The number of hydrogen-bond acceptors (Lipinski definition) is 4. The zero-order valence-electron chi connectivity index (χ0n) is 12.5. The smallest absolute Gasteiger partial charge is 0.161 e. The quantitative estimate of drug-likeness (QED) is 0.869. The van der Waals surface area contributed by atoms with Gasteiger partial charge >= 0.3 is 0 Å². The summed E-state index contributed by atoms with van der Waals surface area (Å²) < 4.78 is 11.1. The summed E-state index contributed by atoms with van der Waals surface area (Å²) in [6, 6.07) is 5.58. The van der Waals surface area contributed by atoms with Gasteiger partial charge < -0.3 is 14.6 Å². The Morgan fingerprint density at radius 2 is 1.95 bits per heavy atom. The standard InChI is InChI=1S/C16H25NO3/c1-13(18)14-6-7-15(16(12-14)19-2)20-11-10-17-8-4-3-5-9-17/h6-7,12-13,18H,3-5,8-11H2,1-2H3/t13-/m1/s1. The van der Waals surface area contributed by atoms with Crippen molar-refractivity contribution in [3.05, 3.63) is 23.8 Å². The number of ether oxygens (including phenoxy) is 2. The number of nitrogens with zero attached hydrogens (tertiary/aromatic N) is 1. The molecule has 4 heteroatoms. The molecule has 1 heterocycles. The number of hydrogen-bond donors (Lipinski definition) is 1. The second-order valence-corrected chi connectivity index (χ2v) is 5.34. The molecule has 1 aliphatic rings. The first-order valence-corrected chi connectivity index (χ1v) is 7.42. The molecule has 0 unspecified atom stereocenters. The van der Waals surface area contributed by atoms with Gasteiger partial charge in [-0.05, 0) is 50.6 Å². The van der Waals surface area contributed by atoms with E-state index in [9.17, 15) is 5.11 Å². The molecule has 0 aromatic heterocycles. The van der Waals surface area contributed by atoms with Crippen molar-refractivity contribution in [1.82, 2.24) is 4.90 Å². The van der Waals surface area contributed by atoms with Crippen molar-refractivity contribution >= 4 is 0 Å².